The molecule has 0 saturated carbocycles. The largest absolute Gasteiger partial charge is 0.322 e. The Balaban J connectivity index is 1.73. The zero-order chi connectivity index (χ0) is 18.4. The molecule has 0 atom stereocenters. The minimum Gasteiger partial charge on any atom is -0.322 e. The van der Waals surface area contributed by atoms with Crippen molar-refractivity contribution < 1.29 is 4.79 Å². The lowest BCUT2D eigenvalue weighted by Gasteiger charge is -2.10. The van der Waals surface area contributed by atoms with Gasteiger partial charge in [0.05, 0.1) is 0 Å². The fraction of sp³-hybridized carbons (Fsp3) is 0.125. The SMILES string of the molecule is CC(C)c1ccc(/C=C/C(=O)Nc2ccccc2-c2ccccc2)cc1. The van der Waals surface area contributed by atoms with Gasteiger partial charge < -0.3 is 5.32 Å². The molecule has 3 rings (SSSR count). The highest BCUT2D eigenvalue weighted by molar-refractivity contribution is 6.04. The molecule has 3 aromatic carbocycles. The third-order valence-electron chi connectivity index (χ3n) is 4.30. The fourth-order valence-corrected chi connectivity index (χ4v) is 2.80. The Hall–Kier alpha value is -3.13. The van der Waals surface area contributed by atoms with E-state index in [0.29, 0.717) is 5.92 Å². The average Bonchev–Trinajstić information content (AvgIpc) is 2.68. The number of carbonyl (C=O) groups is 1. The van der Waals surface area contributed by atoms with E-state index in [1.54, 1.807) is 6.08 Å². The molecule has 26 heavy (non-hydrogen) atoms. The quantitative estimate of drug-likeness (QED) is 0.556. The maximum atomic E-state index is 12.3. The summed E-state index contributed by atoms with van der Waals surface area (Å²) in [4.78, 5) is 12.3. The fourth-order valence-electron chi connectivity index (χ4n) is 2.80. The maximum absolute atomic E-state index is 12.3. The van der Waals surface area contributed by atoms with Crippen molar-refractivity contribution in [2.45, 2.75) is 19.8 Å². The summed E-state index contributed by atoms with van der Waals surface area (Å²) < 4.78 is 0. The highest BCUT2D eigenvalue weighted by Gasteiger charge is 2.06. The lowest BCUT2D eigenvalue weighted by molar-refractivity contribution is -0.111. The summed E-state index contributed by atoms with van der Waals surface area (Å²) in [6, 6.07) is 26.2. The summed E-state index contributed by atoms with van der Waals surface area (Å²) in [7, 11) is 0. The molecule has 1 amide bonds. The van der Waals surface area contributed by atoms with Crippen molar-refractivity contribution in [3.05, 3.63) is 96.1 Å². The third-order valence-corrected chi connectivity index (χ3v) is 4.30. The molecule has 130 valence electrons. The highest BCUT2D eigenvalue weighted by Crippen LogP contribution is 2.27. The summed E-state index contributed by atoms with van der Waals surface area (Å²) >= 11 is 0. The molecule has 0 saturated heterocycles. The molecule has 3 aromatic rings. The minimum atomic E-state index is -0.138. The van der Waals surface area contributed by atoms with E-state index in [1.807, 2.05) is 72.8 Å². The molecule has 2 nitrogen and oxygen atoms in total. The molecule has 0 unspecified atom stereocenters. The second-order valence-corrected chi connectivity index (χ2v) is 6.56. The van der Waals surface area contributed by atoms with Crippen molar-refractivity contribution in [2.24, 2.45) is 0 Å². The van der Waals surface area contributed by atoms with Crippen molar-refractivity contribution in [2.75, 3.05) is 5.32 Å². The molecule has 0 aliphatic carbocycles. The summed E-state index contributed by atoms with van der Waals surface area (Å²) in [6.07, 6.45) is 3.41. The smallest absolute Gasteiger partial charge is 0.248 e. The number of hydrogen-bond donors (Lipinski definition) is 1. The van der Waals surface area contributed by atoms with Gasteiger partial charge in [0.15, 0.2) is 0 Å². The van der Waals surface area contributed by atoms with E-state index in [-0.39, 0.29) is 5.91 Å². The van der Waals surface area contributed by atoms with E-state index in [4.69, 9.17) is 0 Å². The number of rotatable bonds is 5. The molecule has 0 aliphatic heterocycles. The Morgan fingerprint density at radius 2 is 1.50 bits per heavy atom. The molecular formula is C24H23NO. The van der Waals surface area contributed by atoms with Crippen LogP contribution >= 0.6 is 0 Å². The first-order valence-corrected chi connectivity index (χ1v) is 8.87. The topological polar surface area (TPSA) is 29.1 Å². The van der Waals surface area contributed by atoms with Crippen LogP contribution in [-0.4, -0.2) is 5.91 Å². The van der Waals surface area contributed by atoms with Gasteiger partial charge in [-0.05, 0) is 34.8 Å². The number of nitrogens with one attached hydrogen (secondary N) is 1. The minimum absolute atomic E-state index is 0.138. The van der Waals surface area contributed by atoms with Crippen LogP contribution in [0.15, 0.2) is 84.9 Å². The summed E-state index contributed by atoms with van der Waals surface area (Å²) in [5.74, 6) is 0.368. The van der Waals surface area contributed by atoms with Crippen LogP contribution in [0.2, 0.25) is 0 Å². The van der Waals surface area contributed by atoms with E-state index in [2.05, 4.69) is 31.3 Å². The Bertz CT molecular complexity index is 893. The van der Waals surface area contributed by atoms with Crippen LogP contribution in [0.5, 0.6) is 0 Å². The first kappa shape index (κ1) is 17.7. The average molecular weight is 341 g/mol. The van der Waals surface area contributed by atoms with Crippen LogP contribution in [0, 0.1) is 0 Å². The normalized spacial score (nSPS) is 11.0. The van der Waals surface area contributed by atoms with Crippen LogP contribution in [0.4, 0.5) is 5.69 Å². The Labute approximate surface area is 155 Å². The number of anilines is 1. The molecule has 0 bridgehead atoms. The van der Waals surface area contributed by atoms with Gasteiger partial charge in [0.25, 0.3) is 0 Å². The highest BCUT2D eigenvalue weighted by atomic mass is 16.1. The Morgan fingerprint density at radius 3 is 2.19 bits per heavy atom. The summed E-state index contributed by atoms with van der Waals surface area (Å²) in [5, 5.41) is 2.98. The van der Waals surface area contributed by atoms with Crippen molar-refractivity contribution in [1.29, 1.82) is 0 Å². The van der Waals surface area contributed by atoms with Crippen molar-refractivity contribution in [1.82, 2.24) is 0 Å². The summed E-state index contributed by atoms with van der Waals surface area (Å²) in [6.45, 7) is 4.34. The van der Waals surface area contributed by atoms with E-state index in [9.17, 15) is 4.79 Å². The predicted octanol–water partition coefficient (Wildman–Crippen LogP) is 6.13. The van der Waals surface area contributed by atoms with Crippen LogP contribution in [0.1, 0.15) is 30.9 Å². The lowest BCUT2D eigenvalue weighted by atomic mass is 10.0. The second kappa shape index (κ2) is 8.30. The standard InChI is InChI=1S/C24H23NO/c1-18(2)20-15-12-19(13-16-20)14-17-24(26)25-23-11-7-6-10-22(23)21-8-4-3-5-9-21/h3-18H,1-2H3,(H,25,26)/b17-14+. The van der Waals surface area contributed by atoms with Gasteiger partial charge in [-0.15, -0.1) is 0 Å². The van der Waals surface area contributed by atoms with E-state index >= 15 is 0 Å². The lowest BCUT2D eigenvalue weighted by Crippen LogP contribution is -2.08. The molecule has 0 fully saturated rings. The van der Waals surface area contributed by atoms with Crippen LogP contribution in [0.3, 0.4) is 0 Å². The molecule has 0 aliphatic rings. The monoisotopic (exact) mass is 341 g/mol. The zero-order valence-electron chi connectivity index (χ0n) is 15.1. The number of para-hydroxylation sites is 1. The molecule has 0 radical (unpaired) electrons. The maximum Gasteiger partial charge on any atom is 0.248 e. The van der Waals surface area contributed by atoms with Gasteiger partial charge in [-0.2, -0.15) is 0 Å². The van der Waals surface area contributed by atoms with Crippen molar-refractivity contribution in [3.8, 4) is 11.1 Å². The molecule has 2 heteroatoms. The van der Waals surface area contributed by atoms with Gasteiger partial charge in [-0.1, -0.05) is 86.6 Å². The molecular weight excluding hydrogens is 318 g/mol. The van der Waals surface area contributed by atoms with Crippen LogP contribution in [0.25, 0.3) is 17.2 Å². The molecule has 0 heterocycles. The van der Waals surface area contributed by atoms with Gasteiger partial charge >= 0.3 is 0 Å². The Kier molecular flexibility index (Phi) is 5.65. The number of amides is 1. The van der Waals surface area contributed by atoms with E-state index in [1.165, 1.54) is 5.56 Å². The van der Waals surface area contributed by atoms with Gasteiger partial charge in [0.1, 0.15) is 0 Å². The van der Waals surface area contributed by atoms with Gasteiger partial charge in [0.2, 0.25) is 5.91 Å². The van der Waals surface area contributed by atoms with E-state index in [0.717, 1.165) is 22.4 Å². The predicted molar refractivity (Wildman–Crippen MR) is 110 cm³/mol. The van der Waals surface area contributed by atoms with Crippen LogP contribution < -0.4 is 5.32 Å². The first-order valence-electron chi connectivity index (χ1n) is 8.87. The Morgan fingerprint density at radius 1 is 0.846 bits per heavy atom. The van der Waals surface area contributed by atoms with Crippen molar-refractivity contribution in [3.63, 3.8) is 0 Å². The third kappa shape index (κ3) is 4.48. The van der Waals surface area contributed by atoms with Gasteiger partial charge in [0, 0.05) is 17.3 Å². The van der Waals surface area contributed by atoms with Gasteiger partial charge in [-0.25, -0.2) is 0 Å². The van der Waals surface area contributed by atoms with Gasteiger partial charge in [-0.3, -0.25) is 4.79 Å². The molecule has 1 N–H and O–H groups in total. The molecule has 0 aromatic heterocycles. The number of carbonyl (C=O) groups excluding carboxylic acids is 1. The number of hydrogen-bond acceptors (Lipinski definition) is 1. The zero-order valence-corrected chi connectivity index (χ0v) is 15.1. The van der Waals surface area contributed by atoms with Crippen molar-refractivity contribution >= 4 is 17.7 Å². The van der Waals surface area contributed by atoms with Crippen LogP contribution in [-0.2, 0) is 4.79 Å². The molecule has 0 spiro atoms. The number of benzene rings is 3. The van der Waals surface area contributed by atoms with E-state index < -0.39 is 0 Å². The first-order chi connectivity index (χ1) is 12.6. The second-order valence-electron chi connectivity index (χ2n) is 6.56. The summed E-state index contributed by atoms with van der Waals surface area (Å²) in [5.41, 5.74) is 5.21.